The SMILES string of the molecule is C=Cc1c(C)cccc1C1=C(C)C(C)CC=C1. The molecule has 1 aliphatic carbocycles. The highest BCUT2D eigenvalue weighted by Gasteiger charge is 2.15. The van der Waals surface area contributed by atoms with Crippen LogP contribution in [-0.2, 0) is 0 Å². The topological polar surface area (TPSA) is 0 Å². The Morgan fingerprint density at radius 1 is 1.29 bits per heavy atom. The Bertz CT molecular complexity index is 501. The molecule has 0 amide bonds. The van der Waals surface area contributed by atoms with Gasteiger partial charge in [-0.1, -0.05) is 55.5 Å². The first-order valence-electron chi connectivity index (χ1n) is 6.25. The third-order valence-corrected chi connectivity index (χ3v) is 3.76. The molecule has 0 saturated carbocycles. The summed E-state index contributed by atoms with van der Waals surface area (Å²) < 4.78 is 0. The molecule has 0 bridgehead atoms. The summed E-state index contributed by atoms with van der Waals surface area (Å²) in [5, 5.41) is 0. The molecule has 2 rings (SSSR count). The molecule has 1 aromatic carbocycles. The van der Waals surface area contributed by atoms with Crippen molar-refractivity contribution in [2.24, 2.45) is 5.92 Å². The summed E-state index contributed by atoms with van der Waals surface area (Å²) in [6.07, 6.45) is 7.67. The summed E-state index contributed by atoms with van der Waals surface area (Å²) in [4.78, 5) is 0. The molecule has 0 spiro atoms. The van der Waals surface area contributed by atoms with Crippen molar-refractivity contribution in [2.45, 2.75) is 27.2 Å². The van der Waals surface area contributed by atoms with Crippen LogP contribution < -0.4 is 0 Å². The second kappa shape index (κ2) is 4.75. The Labute approximate surface area is 104 Å². The molecule has 0 aromatic heterocycles. The second-order valence-corrected chi connectivity index (χ2v) is 4.88. The molecule has 1 aromatic rings. The maximum atomic E-state index is 3.94. The number of hydrogen-bond donors (Lipinski definition) is 0. The Hall–Kier alpha value is -1.56. The van der Waals surface area contributed by atoms with Gasteiger partial charge in [0.15, 0.2) is 0 Å². The summed E-state index contributed by atoms with van der Waals surface area (Å²) >= 11 is 0. The van der Waals surface area contributed by atoms with E-state index in [0.29, 0.717) is 5.92 Å². The fourth-order valence-corrected chi connectivity index (χ4v) is 2.45. The standard InChI is InChI=1S/C17H20/c1-5-15-13(3)9-7-11-17(15)16-10-6-8-12(2)14(16)4/h5-7,9-12H,1,8H2,2-4H3. The molecule has 0 N–H and O–H groups in total. The maximum absolute atomic E-state index is 3.94. The van der Waals surface area contributed by atoms with Crippen LogP contribution in [-0.4, -0.2) is 0 Å². The van der Waals surface area contributed by atoms with Crippen LogP contribution in [0.15, 0.2) is 42.5 Å². The third-order valence-electron chi connectivity index (χ3n) is 3.76. The van der Waals surface area contributed by atoms with E-state index in [1.807, 2.05) is 6.08 Å². The van der Waals surface area contributed by atoms with Crippen molar-refractivity contribution in [3.8, 4) is 0 Å². The summed E-state index contributed by atoms with van der Waals surface area (Å²) in [5.41, 5.74) is 6.74. The van der Waals surface area contributed by atoms with Crippen molar-refractivity contribution >= 4 is 11.6 Å². The molecule has 1 atom stereocenters. The van der Waals surface area contributed by atoms with Gasteiger partial charge in [-0.25, -0.2) is 0 Å². The monoisotopic (exact) mass is 224 g/mol. The Kier molecular flexibility index (Phi) is 3.33. The first-order chi connectivity index (χ1) is 8.15. The van der Waals surface area contributed by atoms with Crippen molar-refractivity contribution in [1.29, 1.82) is 0 Å². The first kappa shape index (κ1) is 11.9. The van der Waals surface area contributed by atoms with Crippen LogP contribution in [0.2, 0.25) is 0 Å². The highest BCUT2D eigenvalue weighted by molar-refractivity contribution is 5.83. The fraction of sp³-hybridized carbons (Fsp3) is 0.294. The van der Waals surface area contributed by atoms with E-state index in [4.69, 9.17) is 0 Å². The Balaban J connectivity index is 2.62. The largest absolute Gasteiger partial charge is 0.0984 e. The van der Waals surface area contributed by atoms with Crippen molar-refractivity contribution in [1.82, 2.24) is 0 Å². The summed E-state index contributed by atoms with van der Waals surface area (Å²) in [7, 11) is 0. The Morgan fingerprint density at radius 2 is 2.06 bits per heavy atom. The van der Waals surface area contributed by atoms with Gasteiger partial charge in [0, 0.05) is 0 Å². The van der Waals surface area contributed by atoms with Crippen molar-refractivity contribution in [2.75, 3.05) is 0 Å². The van der Waals surface area contributed by atoms with Gasteiger partial charge in [-0.2, -0.15) is 0 Å². The summed E-state index contributed by atoms with van der Waals surface area (Å²) in [6.45, 7) is 10.6. The zero-order valence-corrected chi connectivity index (χ0v) is 11.0. The van der Waals surface area contributed by atoms with Crippen molar-refractivity contribution in [3.63, 3.8) is 0 Å². The van der Waals surface area contributed by atoms with Crippen molar-refractivity contribution in [3.05, 3.63) is 59.2 Å². The van der Waals surface area contributed by atoms with E-state index in [1.165, 1.54) is 27.8 Å². The number of hydrogen-bond acceptors (Lipinski definition) is 0. The highest BCUT2D eigenvalue weighted by atomic mass is 14.2. The van der Waals surface area contributed by atoms with Crippen LogP contribution >= 0.6 is 0 Å². The van der Waals surface area contributed by atoms with Crippen LogP contribution in [0.25, 0.3) is 11.6 Å². The average Bonchev–Trinajstić information content (AvgIpc) is 2.32. The molecule has 17 heavy (non-hydrogen) atoms. The zero-order chi connectivity index (χ0) is 12.4. The van der Waals surface area contributed by atoms with Gasteiger partial charge in [-0.3, -0.25) is 0 Å². The molecule has 0 fully saturated rings. The summed E-state index contributed by atoms with van der Waals surface area (Å²) in [5.74, 6) is 0.646. The van der Waals surface area contributed by atoms with Gasteiger partial charge in [-0.05, 0) is 48.4 Å². The van der Waals surface area contributed by atoms with E-state index in [2.05, 4.69) is 57.7 Å². The molecule has 0 aliphatic heterocycles. The molecule has 0 radical (unpaired) electrons. The van der Waals surface area contributed by atoms with Gasteiger partial charge in [0.1, 0.15) is 0 Å². The maximum Gasteiger partial charge on any atom is -0.0110 e. The van der Waals surface area contributed by atoms with Crippen LogP contribution in [0, 0.1) is 12.8 Å². The lowest BCUT2D eigenvalue weighted by molar-refractivity contribution is 0.690. The van der Waals surface area contributed by atoms with E-state index < -0.39 is 0 Å². The molecule has 1 aliphatic rings. The first-order valence-corrected chi connectivity index (χ1v) is 6.25. The molecule has 0 nitrogen and oxygen atoms in total. The number of benzene rings is 1. The predicted octanol–water partition coefficient (Wildman–Crippen LogP) is 5.01. The number of rotatable bonds is 2. The molecule has 0 heterocycles. The van der Waals surface area contributed by atoms with Crippen LogP contribution in [0.1, 0.15) is 37.0 Å². The summed E-state index contributed by atoms with van der Waals surface area (Å²) in [6, 6.07) is 6.47. The molecule has 0 saturated heterocycles. The van der Waals surface area contributed by atoms with Gasteiger partial charge >= 0.3 is 0 Å². The third kappa shape index (κ3) is 2.12. The van der Waals surface area contributed by atoms with Gasteiger partial charge < -0.3 is 0 Å². The molecule has 1 unspecified atom stereocenters. The lowest BCUT2D eigenvalue weighted by Gasteiger charge is -2.21. The minimum atomic E-state index is 0.646. The lowest BCUT2D eigenvalue weighted by atomic mass is 9.84. The van der Waals surface area contributed by atoms with Gasteiger partial charge in [0.25, 0.3) is 0 Å². The number of allylic oxidation sites excluding steroid dienone is 4. The van der Waals surface area contributed by atoms with E-state index in [1.54, 1.807) is 0 Å². The van der Waals surface area contributed by atoms with Gasteiger partial charge in [0.2, 0.25) is 0 Å². The minimum absolute atomic E-state index is 0.646. The van der Waals surface area contributed by atoms with Crippen LogP contribution in [0.4, 0.5) is 0 Å². The van der Waals surface area contributed by atoms with E-state index in [-0.39, 0.29) is 0 Å². The lowest BCUT2D eigenvalue weighted by Crippen LogP contribution is -2.03. The fourth-order valence-electron chi connectivity index (χ4n) is 2.45. The zero-order valence-electron chi connectivity index (χ0n) is 11.0. The molecular formula is C17H20. The second-order valence-electron chi connectivity index (χ2n) is 4.88. The minimum Gasteiger partial charge on any atom is -0.0984 e. The highest BCUT2D eigenvalue weighted by Crippen LogP contribution is 2.33. The predicted molar refractivity (Wildman–Crippen MR) is 76.8 cm³/mol. The van der Waals surface area contributed by atoms with Gasteiger partial charge in [0.05, 0.1) is 0 Å². The molecular weight excluding hydrogens is 204 g/mol. The number of aryl methyl sites for hydroxylation is 1. The van der Waals surface area contributed by atoms with Crippen LogP contribution in [0.5, 0.6) is 0 Å². The van der Waals surface area contributed by atoms with E-state index >= 15 is 0 Å². The smallest absolute Gasteiger partial charge is 0.0110 e. The molecule has 88 valence electrons. The normalized spacial score (nSPS) is 19.6. The Morgan fingerprint density at radius 3 is 2.76 bits per heavy atom. The quantitative estimate of drug-likeness (QED) is 0.662. The van der Waals surface area contributed by atoms with Crippen molar-refractivity contribution < 1.29 is 0 Å². The molecule has 0 heteroatoms. The van der Waals surface area contributed by atoms with Crippen LogP contribution in [0.3, 0.4) is 0 Å². The average molecular weight is 224 g/mol. The van der Waals surface area contributed by atoms with E-state index in [9.17, 15) is 0 Å². The van der Waals surface area contributed by atoms with E-state index in [0.717, 1.165) is 6.42 Å². The van der Waals surface area contributed by atoms with Gasteiger partial charge in [-0.15, -0.1) is 0 Å².